The summed E-state index contributed by atoms with van der Waals surface area (Å²) in [5.74, 6) is 14.9. The molecule has 0 amide bonds. The molecule has 7 rings (SSSR count). The van der Waals surface area contributed by atoms with E-state index in [2.05, 4.69) is 135 Å². The Bertz CT molecular complexity index is 1920. The predicted octanol–water partition coefficient (Wildman–Crippen LogP) is 8.81. The lowest BCUT2D eigenvalue weighted by molar-refractivity contribution is 0.125. The fourth-order valence-electron chi connectivity index (χ4n) is 5.25. The van der Waals surface area contributed by atoms with E-state index in [-0.39, 0.29) is 6.79 Å². The van der Waals surface area contributed by atoms with E-state index >= 15 is 0 Å². The second kappa shape index (κ2) is 10.3. The van der Waals surface area contributed by atoms with Crippen LogP contribution in [0.5, 0.6) is 11.5 Å². The molecule has 0 N–H and O–H groups in total. The van der Waals surface area contributed by atoms with Gasteiger partial charge in [0.05, 0.1) is 0 Å². The van der Waals surface area contributed by atoms with E-state index in [1.54, 1.807) is 0 Å². The zero-order valence-corrected chi connectivity index (χ0v) is 22.9. The van der Waals surface area contributed by atoms with Crippen LogP contribution in [0.4, 0.5) is 0 Å². The molecule has 1 aliphatic heterocycles. The van der Waals surface area contributed by atoms with E-state index < -0.39 is 0 Å². The summed E-state index contributed by atoms with van der Waals surface area (Å²) in [7, 11) is 0. The molecule has 2 heteroatoms. The molecule has 1 heterocycles. The quantitative estimate of drug-likeness (QED) is 0.184. The molecule has 0 atom stereocenters. The first-order chi connectivity index (χ1) is 20.1. The van der Waals surface area contributed by atoms with E-state index in [0.717, 1.165) is 66.4 Å². The zero-order valence-electron chi connectivity index (χ0n) is 22.9. The summed E-state index contributed by atoms with van der Waals surface area (Å²) in [4.78, 5) is 0. The fourth-order valence-corrected chi connectivity index (χ4v) is 5.25. The molecule has 0 aromatic heterocycles. The maximum Gasteiger partial charge on any atom is 0.230 e. The molecule has 0 saturated heterocycles. The van der Waals surface area contributed by atoms with Crippen LogP contribution in [-0.4, -0.2) is 6.79 Å². The van der Waals surface area contributed by atoms with Crippen LogP contribution in [0, 0.1) is 37.5 Å². The first kappa shape index (κ1) is 24.6. The van der Waals surface area contributed by atoms with Gasteiger partial charge in [-0.15, -0.1) is 0 Å². The smallest absolute Gasteiger partial charge is 0.230 e. The number of rotatable bonds is 0. The zero-order chi connectivity index (χ0) is 27.8. The molecule has 2 nitrogen and oxygen atoms in total. The molecular formula is C39H26O2. The number of fused-ring (bicyclic) bond motifs is 7. The highest BCUT2D eigenvalue weighted by atomic mass is 16.7. The van der Waals surface area contributed by atoms with E-state index in [0.29, 0.717) is 0 Å². The lowest BCUT2D eigenvalue weighted by Crippen LogP contribution is -2.03. The summed E-state index contributed by atoms with van der Waals surface area (Å²) in [5, 5.41) is 4.42. The van der Waals surface area contributed by atoms with Gasteiger partial charge in [-0.25, -0.2) is 0 Å². The van der Waals surface area contributed by atoms with Crippen molar-refractivity contribution in [3.8, 4) is 46.3 Å². The summed E-state index contributed by atoms with van der Waals surface area (Å²) < 4.78 is 12.2. The van der Waals surface area contributed by atoms with Gasteiger partial charge < -0.3 is 9.47 Å². The van der Waals surface area contributed by atoms with Crippen molar-refractivity contribution in [1.29, 1.82) is 0 Å². The third-order valence-electron chi connectivity index (χ3n) is 7.45. The minimum Gasteiger partial charge on any atom is -0.457 e. The summed E-state index contributed by atoms with van der Waals surface area (Å²) in [5.41, 5.74) is 8.49. The normalized spacial score (nSPS) is 11.6. The highest BCUT2D eigenvalue weighted by Crippen LogP contribution is 2.47. The molecule has 194 valence electrons. The molecule has 0 spiro atoms. The predicted molar refractivity (Wildman–Crippen MR) is 167 cm³/mol. The molecule has 6 aromatic rings. The Morgan fingerprint density at radius 2 is 0.829 bits per heavy atom. The van der Waals surface area contributed by atoms with Gasteiger partial charge in [0.1, 0.15) is 11.5 Å². The van der Waals surface area contributed by atoms with Crippen molar-refractivity contribution < 1.29 is 9.47 Å². The average Bonchev–Trinajstić information content (AvgIpc) is 3.20. The fraction of sp³-hybridized carbons (Fsp3) is 0.0769. The number of ether oxygens (including phenoxy) is 2. The van der Waals surface area contributed by atoms with Gasteiger partial charge in [-0.3, -0.25) is 0 Å². The molecule has 0 radical (unpaired) electrons. The second-order valence-corrected chi connectivity index (χ2v) is 10.4. The van der Waals surface area contributed by atoms with Crippen LogP contribution in [0.1, 0.15) is 33.4 Å². The van der Waals surface area contributed by atoms with Gasteiger partial charge in [-0.1, -0.05) is 83.3 Å². The third kappa shape index (κ3) is 4.89. The third-order valence-corrected chi connectivity index (χ3v) is 7.45. The maximum absolute atomic E-state index is 6.08. The Hall–Kier alpha value is -5.44. The molecule has 0 aliphatic carbocycles. The van der Waals surface area contributed by atoms with Crippen LogP contribution < -0.4 is 9.47 Å². The van der Waals surface area contributed by atoms with E-state index in [1.807, 2.05) is 12.1 Å². The summed E-state index contributed by atoms with van der Waals surface area (Å²) in [6, 6.07) is 37.6. The maximum atomic E-state index is 6.08. The molecule has 0 unspecified atom stereocenters. The van der Waals surface area contributed by atoms with E-state index in [4.69, 9.17) is 9.47 Å². The van der Waals surface area contributed by atoms with E-state index in [9.17, 15) is 0 Å². The van der Waals surface area contributed by atoms with Crippen LogP contribution >= 0.6 is 0 Å². The van der Waals surface area contributed by atoms with Gasteiger partial charge in [0.25, 0.3) is 0 Å². The molecule has 0 saturated carbocycles. The van der Waals surface area contributed by atoms with Gasteiger partial charge in [-0.2, -0.15) is 0 Å². The lowest BCUT2D eigenvalue weighted by atomic mass is 9.91. The van der Waals surface area contributed by atoms with Crippen molar-refractivity contribution in [1.82, 2.24) is 0 Å². The standard InChI is InChI=1S/C39H26O2/c1-26-3-7-28(8-4-26)11-13-30-15-19-34-32(23-30)17-21-36-38(34)39-35-20-16-31(14-12-29-9-5-27(2)6-10-29)24-33(35)18-22-37(39)41-25-40-36/h3-10,15-24H,25H2,1-2H3. The van der Waals surface area contributed by atoms with E-state index in [1.165, 1.54) is 11.1 Å². The van der Waals surface area contributed by atoms with Crippen molar-refractivity contribution in [2.75, 3.05) is 6.79 Å². The highest BCUT2D eigenvalue weighted by Gasteiger charge is 2.22. The van der Waals surface area contributed by atoms with Gasteiger partial charge in [0, 0.05) is 33.4 Å². The second-order valence-electron chi connectivity index (χ2n) is 10.4. The molecule has 0 fully saturated rings. The largest absolute Gasteiger partial charge is 0.457 e. The Morgan fingerprint density at radius 1 is 0.439 bits per heavy atom. The van der Waals surface area contributed by atoms with Crippen LogP contribution in [0.25, 0.3) is 32.7 Å². The number of benzene rings is 6. The van der Waals surface area contributed by atoms with Crippen molar-refractivity contribution >= 4 is 21.5 Å². The summed E-state index contributed by atoms with van der Waals surface area (Å²) in [6.07, 6.45) is 0. The molecule has 6 aromatic carbocycles. The summed E-state index contributed by atoms with van der Waals surface area (Å²) >= 11 is 0. The summed E-state index contributed by atoms with van der Waals surface area (Å²) in [6.45, 7) is 4.33. The Morgan fingerprint density at radius 3 is 1.27 bits per heavy atom. The topological polar surface area (TPSA) is 18.5 Å². The van der Waals surface area contributed by atoms with Crippen molar-refractivity contribution in [2.45, 2.75) is 13.8 Å². The average molecular weight is 527 g/mol. The molecule has 41 heavy (non-hydrogen) atoms. The minimum absolute atomic E-state index is 0.164. The SMILES string of the molecule is Cc1ccc(C#Cc2ccc3c4c(ccc3c2)OCOc2ccc3cc(C#Cc5ccc(C)cc5)ccc3c2-4)cc1. The van der Waals surface area contributed by atoms with Gasteiger partial charge in [0.15, 0.2) is 0 Å². The molecular weight excluding hydrogens is 500 g/mol. The monoisotopic (exact) mass is 526 g/mol. The minimum atomic E-state index is 0.164. The van der Waals surface area contributed by atoms with Gasteiger partial charge >= 0.3 is 0 Å². The number of hydrogen-bond acceptors (Lipinski definition) is 2. The van der Waals surface area contributed by atoms with Crippen molar-refractivity contribution in [3.05, 3.63) is 143 Å². The first-order valence-electron chi connectivity index (χ1n) is 13.7. The first-order valence-corrected chi connectivity index (χ1v) is 13.7. The van der Waals surface area contributed by atoms with Crippen LogP contribution in [0.2, 0.25) is 0 Å². The van der Waals surface area contributed by atoms with Crippen LogP contribution in [0.15, 0.2) is 109 Å². The molecule has 0 bridgehead atoms. The van der Waals surface area contributed by atoms with Crippen LogP contribution in [0.3, 0.4) is 0 Å². The Balaban J connectivity index is 1.32. The van der Waals surface area contributed by atoms with Gasteiger partial charge in [0.2, 0.25) is 6.79 Å². The Labute approximate surface area is 240 Å². The van der Waals surface area contributed by atoms with Crippen molar-refractivity contribution in [3.63, 3.8) is 0 Å². The Kier molecular flexibility index (Phi) is 6.16. The number of aryl methyl sites for hydroxylation is 2. The highest BCUT2D eigenvalue weighted by molar-refractivity contribution is 6.10. The van der Waals surface area contributed by atoms with Gasteiger partial charge in [-0.05, 0) is 96.1 Å². The van der Waals surface area contributed by atoms with Crippen molar-refractivity contribution in [2.24, 2.45) is 0 Å². The number of hydrogen-bond donors (Lipinski definition) is 0. The molecule has 1 aliphatic rings. The lowest BCUT2D eigenvalue weighted by Gasteiger charge is -2.14. The van der Waals surface area contributed by atoms with Crippen LogP contribution in [-0.2, 0) is 0 Å².